The Kier molecular flexibility index (Phi) is 5.36. The van der Waals surface area contributed by atoms with Gasteiger partial charge < -0.3 is 5.73 Å². The first-order valence-corrected chi connectivity index (χ1v) is 10.7. The summed E-state index contributed by atoms with van der Waals surface area (Å²) < 4.78 is 41.5. The minimum Gasteiger partial charge on any atom is -0.384 e. The number of Topliss-reactive ketones (excluding diaryl/α,β-unsaturated/α-hetero) is 1. The summed E-state index contributed by atoms with van der Waals surface area (Å²) in [6.45, 7) is 1.91. The number of carbonyl (C=O) groups is 1. The van der Waals surface area contributed by atoms with Crippen LogP contribution < -0.4 is 10.6 Å². The van der Waals surface area contributed by atoms with E-state index in [4.69, 9.17) is 17.3 Å². The highest BCUT2D eigenvalue weighted by molar-refractivity contribution is 7.12. The molecule has 0 radical (unpaired) electrons. The first-order chi connectivity index (χ1) is 14.6. The van der Waals surface area contributed by atoms with Gasteiger partial charge >= 0.3 is 6.18 Å². The highest BCUT2D eigenvalue weighted by atomic mass is 35.5. The van der Waals surface area contributed by atoms with Gasteiger partial charge in [-0.15, -0.1) is 11.3 Å². The summed E-state index contributed by atoms with van der Waals surface area (Å²) in [5.41, 5.74) is 5.95. The van der Waals surface area contributed by atoms with Gasteiger partial charge in [-0.05, 0) is 50.1 Å². The second-order valence-corrected chi connectivity index (χ2v) is 9.18. The zero-order chi connectivity index (χ0) is 22.5. The van der Waals surface area contributed by atoms with Crippen molar-refractivity contribution in [2.45, 2.75) is 38.3 Å². The summed E-state index contributed by atoms with van der Waals surface area (Å²) in [5, 5.41) is 9.86. The smallest absolute Gasteiger partial charge is 0.384 e. The van der Waals surface area contributed by atoms with Crippen LogP contribution in [0, 0.1) is 18.3 Å². The van der Waals surface area contributed by atoms with E-state index in [0.29, 0.717) is 24.1 Å². The average molecular weight is 464 g/mol. The van der Waals surface area contributed by atoms with Crippen molar-refractivity contribution < 1.29 is 18.0 Å². The van der Waals surface area contributed by atoms with Crippen LogP contribution in [0.4, 0.5) is 18.9 Å². The van der Waals surface area contributed by atoms with E-state index in [1.807, 2.05) is 19.1 Å². The number of alkyl halides is 3. The summed E-state index contributed by atoms with van der Waals surface area (Å²) >= 11 is 7.28. The molecule has 0 spiro atoms. The van der Waals surface area contributed by atoms with Crippen LogP contribution in [0.15, 0.2) is 53.0 Å². The summed E-state index contributed by atoms with van der Waals surface area (Å²) in [6, 6.07) is 9.17. The minimum absolute atomic E-state index is 0.0684. The maximum absolute atomic E-state index is 13.8. The van der Waals surface area contributed by atoms with Gasteiger partial charge in [0.2, 0.25) is 0 Å². The van der Waals surface area contributed by atoms with Crippen LogP contribution in [-0.4, -0.2) is 5.78 Å². The van der Waals surface area contributed by atoms with Crippen LogP contribution in [0.3, 0.4) is 0 Å². The fraction of sp³-hybridized carbons (Fsp3) is 0.273. The molecule has 1 aromatic heterocycles. The number of rotatable bonds is 2. The molecule has 1 unspecified atom stereocenters. The molecule has 0 amide bonds. The first kappa shape index (κ1) is 21.5. The third-order valence-electron chi connectivity index (χ3n) is 5.46. The van der Waals surface area contributed by atoms with Crippen LogP contribution in [0.5, 0.6) is 0 Å². The lowest BCUT2D eigenvalue weighted by Crippen LogP contribution is -2.39. The molecule has 0 fully saturated rings. The Morgan fingerprint density at radius 2 is 2.00 bits per heavy atom. The van der Waals surface area contributed by atoms with Crippen LogP contribution in [0.2, 0.25) is 5.02 Å². The average Bonchev–Trinajstić information content (AvgIpc) is 3.13. The fourth-order valence-electron chi connectivity index (χ4n) is 4.18. The molecule has 0 saturated heterocycles. The zero-order valence-corrected chi connectivity index (χ0v) is 18.0. The molecule has 1 atom stereocenters. The van der Waals surface area contributed by atoms with E-state index in [1.165, 1.54) is 28.4 Å². The van der Waals surface area contributed by atoms with Gasteiger partial charge in [-0.1, -0.05) is 11.6 Å². The number of hydrogen-bond donors (Lipinski definition) is 1. The molecule has 1 aliphatic carbocycles. The van der Waals surface area contributed by atoms with Crippen molar-refractivity contribution in [3.05, 3.63) is 73.3 Å². The molecule has 31 heavy (non-hydrogen) atoms. The van der Waals surface area contributed by atoms with Crippen LogP contribution >= 0.6 is 22.9 Å². The van der Waals surface area contributed by atoms with Gasteiger partial charge in [0.1, 0.15) is 5.82 Å². The molecule has 1 aliphatic heterocycles. The number of carbonyl (C=O) groups excluding carboxylic acids is 1. The van der Waals surface area contributed by atoms with Crippen LogP contribution in [0.25, 0.3) is 0 Å². The molecule has 1 aromatic carbocycles. The first-order valence-electron chi connectivity index (χ1n) is 9.52. The predicted octanol–water partition coefficient (Wildman–Crippen LogP) is 6.03. The van der Waals surface area contributed by atoms with E-state index in [1.54, 1.807) is 0 Å². The number of nitrogens with two attached hydrogens (primary N) is 1. The van der Waals surface area contributed by atoms with Crippen LogP contribution in [-0.2, 0) is 11.0 Å². The molecule has 4 rings (SSSR count). The summed E-state index contributed by atoms with van der Waals surface area (Å²) in [7, 11) is 0. The monoisotopic (exact) mass is 463 g/mol. The molecule has 0 bridgehead atoms. The number of anilines is 1. The summed E-state index contributed by atoms with van der Waals surface area (Å²) in [5.74, 6) is -0.950. The second-order valence-electron chi connectivity index (χ2n) is 7.42. The standard InChI is InChI=1S/C22H17ClF3N3OS/c1-11-5-8-18(31-11)19-13(10-27)21(28)29(16-3-2-4-17(30)20(16)19)15-7-6-12(23)9-14(15)22(24,25)26/h5-9,19H,2-4,28H2,1H3. The highest BCUT2D eigenvalue weighted by Crippen LogP contribution is 2.49. The number of allylic oxidation sites excluding steroid dienone is 3. The van der Waals surface area contributed by atoms with Crippen molar-refractivity contribution in [2.24, 2.45) is 5.73 Å². The van der Waals surface area contributed by atoms with E-state index in [0.717, 1.165) is 15.8 Å². The van der Waals surface area contributed by atoms with Crippen molar-refractivity contribution in [2.75, 3.05) is 4.90 Å². The second kappa shape index (κ2) is 7.74. The number of aryl methyl sites for hydroxylation is 1. The topological polar surface area (TPSA) is 70.1 Å². The van der Waals surface area contributed by atoms with Gasteiger partial charge in [0.15, 0.2) is 5.78 Å². The third-order valence-corrected chi connectivity index (χ3v) is 6.76. The Balaban J connectivity index is 2.02. The van der Waals surface area contributed by atoms with Crippen molar-refractivity contribution >= 4 is 34.4 Å². The number of thiophene rings is 1. The van der Waals surface area contributed by atoms with E-state index in [-0.39, 0.29) is 34.3 Å². The number of nitriles is 1. The molecule has 160 valence electrons. The minimum atomic E-state index is -4.70. The van der Waals surface area contributed by atoms with E-state index in [9.17, 15) is 23.2 Å². The molecule has 4 nitrogen and oxygen atoms in total. The molecule has 9 heteroatoms. The van der Waals surface area contributed by atoms with Crippen molar-refractivity contribution in [3.8, 4) is 6.07 Å². The lowest BCUT2D eigenvalue weighted by atomic mass is 9.78. The third kappa shape index (κ3) is 3.62. The quantitative estimate of drug-likeness (QED) is 0.590. The normalized spacial score (nSPS) is 19.5. The maximum Gasteiger partial charge on any atom is 0.418 e. The van der Waals surface area contributed by atoms with Crippen LogP contribution in [0.1, 0.15) is 40.5 Å². The van der Waals surface area contributed by atoms with Gasteiger partial charge in [-0.3, -0.25) is 9.69 Å². The van der Waals surface area contributed by atoms with Gasteiger partial charge in [0.05, 0.1) is 28.8 Å². The molecular weight excluding hydrogens is 447 g/mol. The highest BCUT2D eigenvalue weighted by Gasteiger charge is 2.43. The zero-order valence-electron chi connectivity index (χ0n) is 16.4. The Morgan fingerprint density at radius 3 is 2.61 bits per heavy atom. The van der Waals surface area contributed by atoms with Crippen molar-refractivity contribution in [3.63, 3.8) is 0 Å². The number of hydrogen-bond acceptors (Lipinski definition) is 5. The lowest BCUT2D eigenvalue weighted by molar-refractivity contribution is -0.137. The van der Waals surface area contributed by atoms with E-state index in [2.05, 4.69) is 6.07 Å². The number of ketones is 1. The Hall–Kier alpha value is -2.76. The molecule has 2 aliphatic rings. The molecular formula is C22H17ClF3N3OS. The molecule has 2 aromatic rings. The molecule has 0 saturated carbocycles. The largest absolute Gasteiger partial charge is 0.418 e. The Bertz CT molecular complexity index is 1190. The molecule has 2 heterocycles. The SMILES string of the molecule is Cc1ccc(C2C(C#N)=C(N)N(c3ccc(Cl)cc3C(F)(F)F)C3=C2C(=O)CCC3)s1. The molecule has 2 N–H and O–H groups in total. The summed E-state index contributed by atoms with van der Waals surface area (Å²) in [6.07, 6.45) is -3.55. The van der Waals surface area contributed by atoms with Crippen molar-refractivity contribution in [1.82, 2.24) is 0 Å². The Morgan fingerprint density at radius 1 is 1.26 bits per heavy atom. The van der Waals surface area contributed by atoms with E-state index >= 15 is 0 Å². The number of halogens is 4. The van der Waals surface area contributed by atoms with Gasteiger partial charge in [-0.2, -0.15) is 18.4 Å². The predicted molar refractivity (Wildman–Crippen MR) is 113 cm³/mol. The van der Waals surface area contributed by atoms with Gasteiger partial charge in [-0.25, -0.2) is 0 Å². The fourth-order valence-corrected chi connectivity index (χ4v) is 5.35. The Labute approximate surface area is 186 Å². The van der Waals surface area contributed by atoms with Crippen molar-refractivity contribution in [1.29, 1.82) is 5.26 Å². The van der Waals surface area contributed by atoms with Gasteiger partial charge in [0, 0.05) is 32.5 Å². The van der Waals surface area contributed by atoms with Gasteiger partial charge in [0.25, 0.3) is 0 Å². The number of nitrogens with zero attached hydrogens (tertiary/aromatic N) is 2. The van der Waals surface area contributed by atoms with E-state index < -0.39 is 17.7 Å². The lowest BCUT2D eigenvalue weighted by Gasteiger charge is -2.40. The summed E-state index contributed by atoms with van der Waals surface area (Å²) in [4.78, 5) is 16.0. The maximum atomic E-state index is 13.8. The number of benzene rings is 1.